The van der Waals surface area contributed by atoms with Gasteiger partial charge in [-0.1, -0.05) is 0 Å². The fourth-order valence-electron chi connectivity index (χ4n) is 3.43. The molecule has 1 atom stereocenters. The molecule has 3 rings (SSSR count). The number of methoxy groups -OCH3 is 1. The molecule has 2 aromatic heterocycles. The predicted molar refractivity (Wildman–Crippen MR) is 128 cm³/mol. The van der Waals surface area contributed by atoms with Crippen LogP contribution < -0.4 is 15.4 Å². The molecule has 7 nitrogen and oxygen atoms in total. The quantitative estimate of drug-likeness (QED) is 0.411. The van der Waals surface area contributed by atoms with E-state index in [1.165, 1.54) is 11.3 Å². The SMILES string of the molecule is CCNC(=NCc1csc(-c2ccc(OC)cc2)n1)NC(C)Cc1c(C)nn(C)c1C. The second kappa shape index (κ2) is 10.4. The molecule has 0 aliphatic heterocycles. The summed E-state index contributed by atoms with van der Waals surface area (Å²) in [5, 5.41) is 14.4. The van der Waals surface area contributed by atoms with E-state index < -0.39 is 0 Å². The summed E-state index contributed by atoms with van der Waals surface area (Å²) >= 11 is 1.63. The topological polar surface area (TPSA) is 76.4 Å². The predicted octanol–water partition coefficient (Wildman–Crippen LogP) is 3.86. The average molecular weight is 441 g/mol. The van der Waals surface area contributed by atoms with E-state index in [0.717, 1.165) is 46.6 Å². The highest BCUT2D eigenvalue weighted by molar-refractivity contribution is 7.13. The van der Waals surface area contributed by atoms with Crippen LogP contribution in [0.3, 0.4) is 0 Å². The number of aromatic nitrogens is 3. The Labute approximate surface area is 188 Å². The molecule has 0 spiro atoms. The van der Waals surface area contributed by atoms with Crippen LogP contribution in [0.25, 0.3) is 10.6 Å². The lowest BCUT2D eigenvalue weighted by molar-refractivity contribution is 0.415. The van der Waals surface area contributed by atoms with Crippen molar-refractivity contribution in [2.75, 3.05) is 13.7 Å². The highest BCUT2D eigenvalue weighted by Gasteiger charge is 2.14. The summed E-state index contributed by atoms with van der Waals surface area (Å²) in [5.41, 5.74) is 5.63. The van der Waals surface area contributed by atoms with Crippen molar-refractivity contribution < 1.29 is 4.74 Å². The molecule has 2 heterocycles. The van der Waals surface area contributed by atoms with Crippen LogP contribution >= 0.6 is 11.3 Å². The number of guanidine groups is 1. The van der Waals surface area contributed by atoms with E-state index >= 15 is 0 Å². The van der Waals surface area contributed by atoms with Crippen LogP contribution in [0.4, 0.5) is 0 Å². The first-order chi connectivity index (χ1) is 14.9. The molecule has 1 aromatic carbocycles. The minimum Gasteiger partial charge on any atom is -0.497 e. The maximum atomic E-state index is 5.23. The second-order valence-corrected chi connectivity index (χ2v) is 8.45. The first-order valence-electron chi connectivity index (χ1n) is 10.5. The molecule has 0 bridgehead atoms. The first-order valence-corrected chi connectivity index (χ1v) is 11.4. The largest absolute Gasteiger partial charge is 0.497 e. The Kier molecular flexibility index (Phi) is 7.68. The van der Waals surface area contributed by atoms with Gasteiger partial charge in [0.05, 0.1) is 25.0 Å². The molecule has 3 aromatic rings. The van der Waals surface area contributed by atoms with Gasteiger partial charge in [0, 0.05) is 36.3 Å². The standard InChI is InChI=1S/C23H32N6OS/c1-7-24-23(26-15(2)12-21-16(3)28-29(5)17(21)4)25-13-19-14-31-22(27-19)18-8-10-20(30-6)11-9-18/h8-11,14-15H,7,12-13H2,1-6H3,(H2,24,25,26). The van der Waals surface area contributed by atoms with Gasteiger partial charge in [0.1, 0.15) is 10.8 Å². The van der Waals surface area contributed by atoms with Crippen LogP contribution in [0, 0.1) is 13.8 Å². The van der Waals surface area contributed by atoms with Crippen molar-refractivity contribution in [2.45, 2.75) is 46.7 Å². The fourth-order valence-corrected chi connectivity index (χ4v) is 4.25. The molecular weight excluding hydrogens is 408 g/mol. The van der Waals surface area contributed by atoms with Crippen molar-refractivity contribution in [2.24, 2.45) is 12.0 Å². The maximum Gasteiger partial charge on any atom is 0.191 e. The van der Waals surface area contributed by atoms with E-state index in [1.807, 2.05) is 36.0 Å². The molecule has 0 radical (unpaired) electrons. The molecule has 0 amide bonds. The van der Waals surface area contributed by atoms with Crippen LogP contribution in [0.5, 0.6) is 5.75 Å². The number of benzene rings is 1. The molecule has 0 fully saturated rings. The minimum absolute atomic E-state index is 0.227. The minimum atomic E-state index is 0.227. The third-order valence-corrected chi connectivity index (χ3v) is 6.12. The first kappa shape index (κ1) is 22.8. The molecule has 0 aliphatic carbocycles. The summed E-state index contributed by atoms with van der Waals surface area (Å²) in [6, 6.07) is 8.19. The lowest BCUT2D eigenvalue weighted by Crippen LogP contribution is -2.43. The molecule has 1 unspecified atom stereocenters. The Bertz CT molecular complexity index is 1020. The van der Waals surface area contributed by atoms with Crippen molar-refractivity contribution >= 4 is 17.3 Å². The Morgan fingerprint density at radius 3 is 2.61 bits per heavy atom. The average Bonchev–Trinajstić information content (AvgIpc) is 3.32. The van der Waals surface area contributed by atoms with Gasteiger partial charge in [0.15, 0.2) is 5.96 Å². The van der Waals surface area contributed by atoms with Crippen molar-refractivity contribution in [1.29, 1.82) is 0 Å². The number of rotatable bonds is 8. The molecule has 166 valence electrons. The molecule has 0 saturated carbocycles. The van der Waals surface area contributed by atoms with E-state index in [0.29, 0.717) is 6.54 Å². The third kappa shape index (κ3) is 5.85. The van der Waals surface area contributed by atoms with Crippen LogP contribution in [0.2, 0.25) is 0 Å². The summed E-state index contributed by atoms with van der Waals surface area (Å²) in [7, 11) is 3.66. The summed E-state index contributed by atoms with van der Waals surface area (Å²) in [6.07, 6.45) is 0.897. The zero-order valence-corrected chi connectivity index (χ0v) is 20.0. The molecule has 8 heteroatoms. The molecule has 0 aliphatic rings. The molecule has 0 saturated heterocycles. The Morgan fingerprint density at radius 1 is 1.26 bits per heavy atom. The second-order valence-electron chi connectivity index (χ2n) is 7.59. The lowest BCUT2D eigenvalue weighted by atomic mass is 10.1. The number of ether oxygens (including phenoxy) is 1. The lowest BCUT2D eigenvalue weighted by Gasteiger charge is -2.18. The van der Waals surface area contributed by atoms with Gasteiger partial charge in [0.2, 0.25) is 0 Å². The van der Waals surface area contributed by atoms with Gasteiger partial charge in [-0.2, -0.15) is 5.10 Å². The molecular formula is C23H32N6OS. The highest BCUT2D eigenvalue weighted by Crippen LogP contribution is 2.26. The monoisotopic (exact) mass is 440 g/mol. The Morgan fingerprint density at radius 2 is 2.00 bits per heavy atom. The van der Waals surface area contributed by atoms with E-state index in [9.17, 15) is 0 Å². The zero-order chi connectivity index (χ0) is 22.4. The summed E-state index contributed by atoms with van der Waals surface area (Å²) < 4.78 is 7.17. The van der Waals surface area contributed by atoms with Crippen LogP contribution in [-0.4, -0.2) is 40.4 Å². The fraction of sp³-hybridized carbons (Fsp3) is 0.435. The summed E-state index contributed by atoms with van der Waals surface area (Å²) in [4.78, 5) is 9.49. The van der Waals surface area contributed by atoms with Crippen molar-refractivity contribution in [1.82, 2.24) is 25.4 Å². The Hall–Kier alpha value is -2.87. The number of hydrogen-bond acceptors (Lipinski definition) is 5. The summed E-state index contributed by atoms with van der Waals surface area (Å²) in [5.74, 6) is 1.64. The van der Waals surface area contributed by atoms with Gasteiger partial charge in [0.25, 0.3) is 0 Å². The number of aliphatic imine (C=N–C) groups is 1. The van der Waals surface area contributed by atoms with Crippen molar-refractivity contribution in [3.63, 3.8) is 0 Å². The third-order valence-electron chi connectivity index (χ3n) is 5.18. The van der Waals surface area contributed by atoms with Gasteiger partial charge in [-0.15, -0.1) is 11.3 Å². The zero-order valence-electron chi connectivity index (χ0n) is 19.2. The van der Waals surface area contributed by atoms with E-state index in [-0.39, 0.29) is 6.04 Å². The molecule has 2 N–H and O–H groups in total. The highest BCUT2D eigenvalue weighted by atomic mass is 32.1. The number of aryl methyl sites for hydroxylation is 2. The van der Waals surface area contributed by atoms with Gasteiger partial charge >= 0.3 is 0 Å². The maximum absolute atomic E-state index is 5.23. The van der Waals surface area contributed by atoms with Crippen LogP contribution in [0.15, 0.2) is 34.6 Å². The van der Waals surface area contributed by atoms with E-state index in [4.69, 9.17) is 14.7 Å². The van der Waals surface area contributed by atoms with Crippen molar-refractivity contribution in [3.05, 3.63) is 52.3 Å². The van der Waals surface area contributed by atoms with Gasteiger partial charge in [-0.25, -0.2) is 9.98 Å². The number of thiazole rings is 1. The van der Waals surface area contributed by atoms with E-state index in [1.54, 1.807) is 18.4 Å². The number of hydrogen-bond donors (Lipinski definition) is 2. The molecule has 31 heavy (non-hydrogen) atoms. The van der Waals surface area contributed by atoms with Gasteiger partial charge in [-0.05, 0) is 63.9 Å². The van der Waals surface area contributed by atoms with Gasteiger partial charge < -0.3 is 15.4 Å². The Balaban J connectivity index is 1.64. The smallest absolute Gasteiger partial charge is 0.191 e. The van der Waals surface area contributed by atoms with Crippen LogP contribution in [-0.2, 0) is 20.0 Å². The van der Waals surface area contributed by atoms with Crippen LogP contribution in [0.1, 0.15) is 36.5 Å². The van der Waals surface area contributed by atoms with E-state index in [2.05, 4.69) is 48.8 Å². The number of nitrogens with one attached hydrogen (secondary N) is 2. The summed E-state index contributed by atoms with van der Waals surface area (Å²) in [6.45, 7) is 9.75. The van der Waals surface area contributed by atoms with Gasteiger partial charge in [-0.3, -0.25) is 4.68 Å². The number of nitrogens with zero attached hydrogens (tertiary/aromatic N) is 4. The normalized spacial score (nSPS) is 12.6. The van der Waals surface area contributed by atoms with Crippen molar-refractivity contribution in [3.8, 4) is 16.3 Å².